The van der Waals surface area contributed by atoms with E-state index in [9.17, 15) is 0 Å². The number of methoxy groups -OCH3 is 2. The van der Waals surface area contributed by atoms with E-state index < -0.39 is 5.66 Å². The van der Waals surface area contributed by atoms with Crippen LogP contribution in [0, 0.1) is 0 Å². The minimum atomic E-state index is -0.446. The molecule has 2 aliphatic heterocycles. The van der Waals surface area contributed by atoms with Crippen LogP contribution >= 0.6 is 11.6 Å². The summed E-state index contributed by atoms with van der Waals surface area (Å²) in [5.74, 6) is 1.46. The average Bonchev–Trinajstić information content (AvgIpc) is 3.08. The number of benzene rings is 2. The quantitative estimate of drug-likeness (QED) is 0.906. The van der Waals surface area contributed by atoms with E-state index in [2.05, 4.69) is 35.3 Å². The zero-order valence-corrected chi connectivity index (χ0v) is 15.4. The molecule has 0 aromatic heterocycles. The van der Waals surface area contributed by atoms with E-state index in [1.165, 1.54) is 5.70 Å². The largest absolute Gasteiger partial charge is 0.493 e. The van der Waals surface area contributed by atoms with Crippen molar-refractivity contribution >= 4 is 17.7 Å². The fourth-order valence-corrected chi connectivity index (χ4v) is 4.24. The smallest absolute Gasteiger partial charge is 0.161 e. The van der Waals surface area contributed by atoms with Gasteiger partial charge in [0.05, 0.1) is 14.2 Å². The third-order valence-electron chi connectivity index (χ3n) is 5.10. The van der Waals surface area contributed by atoms with Crippen molar-refractivity contribution in [2.24, 2.45) is 0 Å². The number of ether oxygens (including phenoxy) is 2. The van der Waals surface area contributed by atoms with Crippen LogP contribution in [0.1, 0.15) is 23.6 Å². The molecule has 0 aliphatic carbocycles. The van der Waals surface area contributed by atoms with Gasteiger partial charge in [-0.15, -0.1) is 0 Å². The summed E-state index contributed by atoms with van der Waals surface area (Å²) in [4.78, 5) is 2.40. The van der Waals surface area contributed by atoms with Crippen molar-refractivity contribution in [3.8, 4) is 11.5 Å². The molecule has 1 atom stereocenters. The molecule has 1 saturated heterocycles. The number of hydrogen-bond donors (Lipinski definition) is 1. The standard InChI is InChI=1S/C20H21ClN2O2/c1-13-9-14-10-18(24-2)19(25-3)12-17(14)20(22-7-8-23(13)20)15-5-4-6-16(21)11-15/h4-6,9-12,22H,7-8H2,1-3H3. The molecule has 130 valence electrons. The zero-order valence-electron chi connectivity index (χ0n) is 14.6. The van der Waals surface area contributed by atoms with E-state index in [0.29, 0.717) is 0 Å². The van der Waals surface area contributed by atoms with E-state index >= 15 is 0 Å². The van der Waals surface area contributed by atoms with Gasteiger partial charge in [-0.2, -0.15) is 0 Å². The molecule has 4 rings (SSSR count). The molecular formula is C20H21ClN2O2. The van der Waals surface area contributed by atoms with Crippen LogP contribution in [0.2, 0.25) is 5.02 Å². The Labute approximate surface area is 153 Å². The van der Waals surface area contributed by atoms with Crippen LogP contribution in [0.3, 0.4) is 0 Å². The normalized spacial score (nSPS) is 21.4. The van der Waals surface area contributed by atoms with Crippen molar-refractivity contribution in [1.82, 2.24) is 10.2 Å². The first kappa shape index (κ1) is 16.3. The number of rotatable bonds is 3. The highest BCUT2D eigenvalue weighted by Crippen LogP contribution is 2.47. The Morgan fingerprint density at radius 2 is 1.88 bits per heavy atom. The SMILES string of the molecule is COc1cc2c(cc1OC)C1(c3cccc(Cl)c3)NCCN1C(C)=C2. The van der Waals surface area contributed by atoms with Crippen molar-refractivity contribution in [1.29, 1.82) is 0 Å². The van der Waals surface area contributed by atoms with Crippen molar-refractivity contribution in [2.75, 3.05) is 27.3 Å². The summed E-state index contributed by atoms with van der Waals surface area (Å²) in [6, 6.07) is 12.2. The van der Waals surface area contributed by atoms with E-state index in [0.717, 1.165) is 46.3 Å². The number of halogens is 1. The Kier molecular flexibility index (Phi) is 3.89. The Balaban J connectivity index is 2.02. The summed E-state index contributed by atoms with van der Waals surface area (Å²) in [5, 5.41) is 4.45. The van der Waals surface area contributed by atoms with Crippen molar-refractivity contribution < 1.29 is 9.47 Å². The van der Waals surface area contributed by atoms with Gasteiger partial charge >= 0.3 is 0 Å². The lowest BCUT2D eigenvalue weighted by Crippen LogP contribution is -2.50. The van der Waals surface area contributed by atoms with Crippen LogP contribution in [0.4, 0.5) is 0 Å². The molecule has 5 heteroatoms. The molecule has 4 nitrogen and oxygen atoms in total. The molecule has 2 aromatic carbocycles. The second-order valence-corrected chi connectivity index (χ2v) is 6.82. The highest BCUT2D eigenvalue weighted by atomic mass is 35.5. The lowest BCUT2D eigenvalue weighted by Gasteiger charge is -2.45. The summed E-state index contributed by atoms with van der Waals surface area (Å²) in [7, 11) is 3.33. The first-order chi connectivity index (χ1) is 12.1. The van der Waals surface area contributed by atoms with Gasteiger partial charge in [0, 0.05) is 29.4 Å². The van der Waals surface area contributed by atoms with Crippen LogP contribution < -0.4 is 14.8 Å². The lowest BCUT2D eigenvalue weighted by molar-refractivity contribution is 0.205. The predicted molar refractivity (Wildman–Crippen MR) is 100 cm³/mol. The highest BCUT2D eigenvalue weighted by Gasteiger charge is 2.47. The molecule has 0 radical (unpaired) electrons. The summed E-state index contributed by atoms with van der Waals surface area (Å²) >= 11 is 6.32. The van der Waals surface area contributed by atoms with Crippen LogP contribution in [-0.4, -0.2) is 32.2 Å². The monoisotopic (exact) mass is 356 g/mol. The van der Waals surface area contributed by atoms with Crippen LogP contribution in [0.25, 0.3) is 6.08 Å². The van der Waals surface area contributed by atoms with Gasteiger partial charge in [0.1, 0.15) is 5.66 Å². The molecule has 1 N–H and O–H groups in total. The Morgan fingerprint density at radius 1 is 1.12 bits per heavy atom. The second kappa shape index (κ2) is 5.97. The van der Waals surface area contributed by atoms with Gasteiger partial charge in [-0.1, -0.05) is 23.7 Å². The summed E-state index contributed by atoms with van der Waals surface area (Å²) < 4.78 is 11.1. The summed E-state index contributed by atoms with van der Waals surface area (Å²) in [5.41, 5.74) is 4.16. The molecule has 25 heavy (non-hydrogen) atoms. The van der Waals surface area contributed by atoms with Gasteiger partial charge in [0.25, 0.3) is 0 Å². The van der Waals surface area contributed by atoms with Gasteiger partial charge in [0.2, 0.25) is 0 Å². The lowest BCUT2D eigenvalue weighted by atomic mass is 9.83. The number of fused-ring (bicyclic) bond motifs is 3. The minimum Gasteiger partial charge on any atom is -0.493 e. The Morgan fingerprint density at radius 3 is 2.60 bits per heavy atom. The third-order valence-corrected chi connectivity index (χ3v) is 5.33. The molecule has 0 amide bonds. The maximum Gasteiger partial charge on any atom is 0.161 e. The van der Waals surface area contributed by atoms with E-state index in [4.69, 9.17) is 21.1 Å². The topological polar surface area (TPSA) is 33.7 Å². The number of hydrogen-bond acceptors (Lipinski definition) is 4. The zero-order chi connectivity index (χ0) is 17.6. The molecule has 2 aromatic rings. The maximum atomic E-state index is 6.32. The molecule has 1 unspecified atom stereocenters. The minimum absolute atomic E-state index is 0.446. The molecule has 2 aliphatic rings. The molecule has 0 saturated carbocycles. The third kappa shape index (κ3) is 2.32. The predicted octanol–water partition coefficient (Wildman–Crippen LogP) is 3.84. The fraction of sp³-hybridized carbons (Fsp3) is 0.300. The van der Waals surface area contributed by atoms with Crippen LogP contribution in [0.15, 0.2) is 42.1 Å². The maximum absolute atomic E-state index is 6.32. The molecule has 2 heterocycles. The first-order valence-electron chi connectivity index (χ1n) is 8.33. The summed E-state index contributed by atoms with van der Waals surface area (Å²) in [6.07, 6.45) is 2.20. The van der Waals surface area contributed by atoms with Crippen LogP contribution in [-0.2, 0) is 5.66 Å². The van der Waals surface area contributed by atoms with E-state index in [1.807, 2.05) is 24.3 Å². The number of allylic oxidation sites excluding steroid dienone is 1. The number of nitrogens with zero attached hydrogens (tertiary/aromatic N) is 1. The molecule has 0 bridgehead atoms. The van der Waals surface area contributed by atoms with E-state index in [1.54, 1.807) is 14.2 Å². The van der Waals surface area contributed by atoms with Crippen LogP contribution in [0.5, 0.6) is 11.5 Å². The average molecular weight is 357 g/mol. The highest BCUT2D eigenvalue weighted by molar-refractivity contribution is 6.30. The molecule has 0 spiro atoms. The first-order valence-corrected chi connectivity index (χ1v) is 8.71. The van der Waals surface area contributed by atoms with Gasteiger partial charge in [-0.25, -0.2) is 0 Å². The van der Waals surface area contributed by atoms with Crippen molar-refractivity contribution in [3.05, 3.63) is 63.8 Å². The Hall–Kier alpha value is -2.17. The Bertz CT molecular complexity index is 865. The van der Waals surface area contributed by atoms with Crippen molar-refractivity contribution in [2.45, 2.75) is 12.6 Å². The van der Waals surface area contributed by atoms with E-state index in [-0.39, 0.29) is 0 Å². The van der Waals surface area contributed by atoms with Gasteiger partial charge in [-0.3, -0.25) is 5.32 Å². The van der Waals surface area contributed by atoms with Gasteiger partial charge < -0.3 is 14.4 Å². The summed E-state index contributed by atoms with van der Waals surface area (Å²) in [6.45, 7) is 3.97. The van der Waals surface area contributed by atoms with Gasteiger partial charge in [0.15, 0.2) is 11.5 Å². The van der Waals surface area contributed by atoms with Gasteiger partial charge in [-0.05, 0) is 48.4 Å². The van der Waals surface area contributed by atoms with Crippen molar-refractivity contribution in [3.63, 3.8) is 0 Å². The molecular weight excluding hydrogens is 336 g/mol. The second-order valence-electron chi connectivity index (χ2n) is 6.38. The fourth-order valence-electron chi connectivity index (χ4n) is 4.05. The molecule has 1 fully saturated rings. The number of nitrogens with one attached hydrogen (secondary N) is 1.